The van der Waals surface area contributed by atoms with Crippen LogP contribution < -0.4 is 19.7 Å². The highest BCUT2D eigenvalue weighted by Crippen LogP contribution is 2.35. The zero-order chi connectivity index (χ0) is 31.1. The standard InChI is InChI=1S/C33H34N4O6S/c1-3-42-28-19-24(12-13-27(28)43-22-30(38)34-25-9-7-8-23(2)18-25)20-29-32(40)37(33(41)44-29)21-31(39)36-16-14-35(15-17-36)26-10-5-4-6-11-26/h4-13,18-20H,3,14-17,21-22H2,1-2H3,(H,34,38)/b29-20+. The van der Waals surface area contributed by atoms with Gasteiger partial charge in [-0.25, -0.2) is 0 Å². The number of ether oxygens (including phenoxy) is 2. The van der Waals surface area contributed by atoms with Crippen LogP contribution in [0.2, 0.25) is 0 Å². The third-order valence-electron chi connectivity index (χ3n) is 7.15. The number of thioether (sulfide) groups is 1. The maximum Gasteiger partial charge on any atom is 0.294 e. The van der Waals surface area contributed by atoms with E-state index in [1.807, 2.05) is 62.4 Å². The van der Waals surface area contributed by atoms with Crippen molar-refractivity contribution in [3.8, 4) is 11.5 Å². The van der Waals surface area contributed by atoms with Crippen molar-refractivity contribution in [2.24, 2.45) is 0 Å². The van der Waals surface area contributed by atoms with E-state index in [0.717, 1.165) is 27.9 Å². The number of nitrogens with zero attached hydrogens (tertiary/aromatic N) is 3. The van der Waals surface area contributed by atoms with E-state index in [2.05, 4.69) is 10.2 Å². The van der Waals surface area contributed by atoms with Gasteiger partial charge in [0.1, 0.15) is 6.54 Å². The summed E-state index contributed by atoms with van der Waals surface area (Å²) in [5, 5.41) is 2.32. The second-order valence-electron chi connectivity index (χ2n) is 10.3. The summed E-state index contributed by atoms with van der Waals surface area (Å²) in [4.78, 5) is 56.4. The zero-order valence-electron chi connectivity index (χ0n) is 24.7. The average molecular weight is 615 g/mol. The van der Waals surface area contributed by atoms with Gasteiger partial charge in [0.2, 0.25) is 5.91 Å². The Morgan fingerprint density at radius 3 is 2.41 bits per heavy atom. The molecular formula is C33H34N4O6S. The minimum atomic E-state index is -0.512. The minimum Gasteiger partial charge on any atom is -0.490 e. The fraction of sp³-hybridized carbons (Fsp3) is 0.273. The van der Waals surface area contributed by atoms with Crippen molar-refractivity contribution in [1.29, 1.82) is 0 Å². The number of nitrogens with one attached hydrogen (secondary N) is 1. The lowest BCUT2D eigenvalue weighted by Gasteiger charge is -2.36. The van der Waals surface area contributed by atoms with Gasteiger partial charge in [-0.15, -0.1) is 0 Å². The van der Waals surface area contributed by atoms with Crippen LogP contribution in [-0.4, -0.2) is 78.7 Å². The number of carbonyl (C=O) groups is 4. The Morgan fingerprint density at radius 2 is 1.68 bits per heavy atom. The number of hydrogen-bond donors (Lipinski definition) is 1. The van der Waals surface area contributed by atoms with E-state index in [1.54, 1.807) is 35.2 Å². The maximum absolute atomic E-state index is 13.1. The minimum absolute atomic E-state index is 0.213. The predicted octanol–water partition coefficient (Wildman–Crippen LogP) is 4.80. The molecule has 4 amide bonds. The molecular weight excluding hydrogens is 580 g/mol. The first-order chi connectivity index (χ1) is 21.3. The molecule has 5 rings (SSSR count). The summed E-state index contributed by atoms with van der Waals surface area (Å²) in [6.45, 7) is 5.99. The molecule has 10 nitrogen and oxygen atoms in total. The SMILES string of the molecule is CCOc1cc(/C=C2/SC(=O)N(CC(=O)N3CCN(c4ccccc4)CC3)C2=O)ccc1OCC(=O)Nc1cccc(C)c1. The Labute approximate surface area is 260 Å². The summed E-state index contributed by atoms with van der Waals surface area (Å²) in [6, 6.07) is 22.5. The molecule has 2 heterocycles. The molecule has 0 radical (unpaired) electrons. The number of piperazine rings is 1. The van der Waals surface area contributed by atoms with Gasteiger partial charge in [0.05, 0.1) is 11.5 Å². The molecule has 1 N–H and O–H groups in total. The van der Waals surface area contributed by atoms with Crippen molar-refractivity contribution in [2.75, 3.05) is 56.2 Å². The van der Waals surface area contributed by atoms with Crippen molar-refractivity contribution in [2.45, 2.75) is 13.8 Å². The van der Waals surface area contributed by atoms with Crippen LogP contribution in [0.3, 0.4) is 0 Å². The van der Waals surface area contributed by atoms with Crippen LogP contribution in [0.1, 0.15) is 18.1 Å². The number of rotatable bonds is 10. The molecule has 3 aromatic carbocycles. The molecule has 44 heavy (non-hydrogen) atoms. The van der Waals surface area contributed by atoms with Gasteiger partial charge >= 0.3 is 0 Å². The van der Waals surface area contributed by atoms with Crippen molar-refractivity contribution >= 4 is 52.2 Å². The van der Waals surface area contributed by atoms with Crippen LogP contribution in [0, 0.1) is 6.92 Å². The lowest BCUT2D eigenvalue weighted by Crippen LogP contribution is -2.51. The number of hydrogen-bond acceptors (Lipinski definition) is 8. The second-order valence-corrected chi connectivity index (χ2v) is 11.3. The molecule has 0 saturated carbocycles. The normalized spacial score (nSPS) is 16.0. The molecule has 2 fully saturated rings. The number of imide groups is 1. The number of anilines is 2. The lowest BCUT2D eigenvalue weighted by molar-refractivity contribution is -0.136. The molecule has 228 valence electrons. The Balaban J connectivity index is 1.18. The van der Waals surface area contributed by atoms with E-state index < -0.39 is 11.1 Å². The van der Waals surface area contributed by atoms with Crippen LogP contribution in [0.5, 0.6) is 11.5 Å². The Kier molecular flexibility index (Phi) is 9.86. The topological polar surface area (TPSA) is 108 Å². The molecule has 0 unspecified atom stereocenters. The number of carbonyl (C=O) groups excluding carboxylic acids is 4. The van der Waals surface area contributed by atoms with Crippen molar-refractivity contribution in [3.05, 3.63) is 88.8 Å². The van der Waals surface area contributed by atoms with E-state index in [1.165, 1.54) is 0 Å². The summed E-state index contributed by atoms with van der Waals surface area (Å²) in [6.07, 6.45) is 1.59. The van der Waals surface area contributed by atoms with Crippen LogP contribution >= 0.6 is 11.8 Å². The molecule has 2 aliphatic heterocycles. The molecule has 0 spiro atoms. The van der Waals surface area contributed by atoms with E-state index >= 15 is 0 Å². The molecule has 3 aromatic rings. The van der Waals surface area contributed by atoms with Gasteiger partial charge in [-0.3, -0.25) is 24.1 Å². The first-order valence-corrected chi connectivity index (χ1v) is 15.2. The summed E-state index contributed by atoms with van der Waals surface area (Å²) >= 11 is 0.797. The second kappa shape index (κ2) is 14.1. The molecule has 11 heteroatoms. The van der Waals surface area contributed by atoms with Gasteiger partial charge in [-0.05, 0) is 79.2 Å². The van der Waals surface area contributed by atoms with Gasteiger partial charge in [0, 0.05) is 37.6 Å². The van der Waals surface area contributed by atoms with E-state index in [0.29, 0.717) is 55.5 Å². The van der Waals surface area contributed by atoms with Crippen molar-refractivity contribution < 1.29 is 28.7 Å². The third kappa shape index (κ3) is 7.59. The van der Waals surface area contributed by atoms with Gasteiger partial charge in [0.25, 0.3) is 17.1 Å². The van der Waals surface area contributed by atoms with Crippen molar-refractivity contribution in [3.63, 3.8) is 0 Å². The van der Waals surface area contributed by atoms with Gasteiger partial charge < -0.3 is 24.6 Å². The first-order valence-electron chi connectivity index (χ1n) is 14.4. The maximum atomic E-state index is 13.1. The monoisotopic (exact) mass is 614 g/mol. The highest BCUT2D eigenvalue weighted by Gasteiger charge is 2.37. The average Bonchev–Trinajstić information content (AvgIpc) is 3.28. The third-order valence-corrected chi connectivity index (χ3v) is 8.05. The van der Waals surface area contributed by atoms with Gasteiger partial charge in [0.15, 0.2) is 18.1 Å². The first kappa shape index (κ1) is 30.7. The smallest absolute Gasteiger partial charge is 0.294 e. The van der Waals surface area contributed by atoms with Crippen LogP contribution in [0.15, 0.2) is 77.7 Å². The van der Waals surface area contributed by atoms with Crippen LogP contribution in [-0.2, 0) is 14.4 Å². The number of para-hydroxylation sites is 1. The van der Waals surface area contributed by atoms with Gasteiger partial charge in [-0.2, -0.15) is 0 Å². The Morgan fingerprint density at radius 1 is 0.909 bits per heavy atom. The van der Waals surface area contributed by atoms with E-state index in [-0.39, 0.29) is 29.9 Å². The molecule has 0 atom stereocenters. The molecule has 0 bridgehead atoms. The lowest BCUT2D eigenvalue weighted by atomic mass is 10.2. The molecule has 2 saturated heterocycles. The van der Waals surface area contributed by atoms with Crippen molar-refractivity contribution in [1.82, 2.24) is 9.80 Å². The molecule has 0 aromatic heterocycles. The number of amides is 4. The zero-order valence-corrected chi connectivity index (χ0v) is 25.5. The van der Waals surface area contributed by atoms with Gasteiger partial charge in [-0.1, -0.05) is 36.4 Å². The van der Waals surface area contributed by atoms with Crippen LogP contribution in [0.4, 0.5) is 16.2 Å². The molecule has 2 aliphatic rings. The highest BCUT2D eigenvalue weighted by atomic mass is 32.2. The fourth-order valence-electron chi connectivity index (χ4n) is 4.94. The molecule has 0 aliphatic carbocycles. The van der Waals surface area contributed by atoms with E-state index in [9.17, 15) is 19.2 Å². The summed E-state index contributed by atoms with van der Waals surface area (Å²) < 4.78 is 11.5. The summed E-state index contributed by atoms with van der Waals surface area (Å²) in [5.74, 6) is -0.318. The number of aryl methyl sites for hydroxylation is 1. The highest BCUT2D eigenvalue weighted by molar-refractivity contribution is 8.18. The fourth-order valence-corrected chi connectivity index (χ4v) is 5.78. The summed E-state index contributed by atoms with van der Waals surface area (Å²) in [5.41, 5.74) is 3.42. The Bertz CT molecular complexity index is 1570. The predicted molar refractivity (Wildman–Crippen MR) is 171 cm³/mol. The largest absolute Gasteiger partial charge is 0.490 e. The van der Waals surface area contributed by atoms with Crippen LogP contribution in [0.25, 0.3) is 6.08 Å². The quantitative estimate of drug-likeness (QED) is 0.325. The number of benzene rings is 3. The van der Waals surface area contributed by atoms with E-state index in [4.69, 9.17) is 9.47 Å². The summed E-state index contributed by atoms with van der Waals surface area (Å²) in [7, 11) is 0. The Hall–Kier alpha value is -4.77.